The lowest BCUT2D eigenvalue weighted by atomic mass is 9.89. The molecule has 1 atom stereocenters. The highest BCUT2D eigenvalue weighted by atomic mass is 16.5. The van der Waals surface area contributed by atoms with Crippen molar-refractivity contribution in [3.63, 3.8) is 0 Å². The van der Waals surface area contributed by atoms with Crippen LogP contribution in [0.2, 0.25) is 0 Å². The molecule has 0 radical (unpaired) electrons. The van der Waals surface area contributed by atoms with Crippen molar-refractivity contribution >= 4 is 5.97 Å². The summed E-state index contributed by atoms with van der Waals surface area (Å²) in [6, 6.07) is 9.00. The van der Waals surface area contributed by atoms with Gasteiger partial charge in [0, 0.05) is 32.7 Å². The first kappa shape index (κ1) is 18.9. The third-order valence-electron chi connectivity index (χ3n) is 5.01. The van der Waals surface area contributed by atoms with Gasteiger partial charge in [0.25, 0.3) is 0 Å². The molecule has 4 nitrogen and oxygen atoms in total. The topological polar surface area (TPSA) is 32.8 Å². The number of carbonyl (C=O) groups excluding carboxylic acids is 1. The number of esters is 1. The Kier molecular flexibility index (Phi) is 7.25. The van der Waals surface area contributed by atoms with Crippen LogP contribution in [0.15, 0.2) is 24.3 Å². The van der Waals surface area contributed by atoms with Crippen LogP contribution in [0, 0.1) is 5.92 Å². The highest BCUT2D eigenvalue weighted by Crippen LogP contribution is 2.24. The van der Waals surface area contributed by atoms with E-state index in [4.69, 9.17) is 4.74 Å². The molecule has 1 saturated heterocycles. The number of piperazine rings is 1. The molecule has 0 amide bonds. The Bertz CT molecular complexity index is 522. The van der Waals surface area contributed by atoms with Gasteiger partial charge >= 0.3 is 5.97 Å². The van der Waals surface area contributed by atoms with Gasteiger partial charge in [0.1, 0.15) is 0 Å². The minimum Gasteiger partial charge on any atom is -0.465 e. The molecule has 24 heavy (non-hydrogen) atoms. The van der Waals surface area contributed by atoms with Crippen LogP contribution in [0.4, 0.5) is 0 Å². The van der Waals surface area contributed by atoms with E-state index in [2.05, 4.69) is 54.8 Å². The molecule has 0 N–H and O–H groups in total. The molecule has 1 heterocycles. The second-order valence-electron chi connectivity index (χ2n) is 7.14. The lowest BCUT2D eigenvalue weighted by molar-refractivity contribution is -0.144. The van der Waals surface area contributed by atoms with Crippen LogP contribution in [0.1, 0.15) is 44.7 Å². The molecule has 1 aliphatic rings. The van der Waals surface area contributed by atoms with Crippen molar-refractivity contribution in [3.8, 4) is 0 Å². The van der Waals surface area contributed by atoms with Gasteiger partial charge in [0.2, 0.25) is 0 Å². The zero-order valence-corrected chi connectivity index (χ0v) is 15.6. The fourth-order valence-corrected chi connectivity index (χ4v) is 3.11. The predicted molar refractivity (Wildman–Crippen MR) is 98.0 cm³/mol. The normalized spacial score (nSPS) is 17.9. The highest BCUT2D eigenvalue weighted by Gasteiger charge is 2.19. The van der Waals surface area contributed by atoms with Gasteiger partial charge in [0.15, 0.2) is 0 Å². The van der Waals surface area contributed by atoms with Crippen LogP contribution in [-0.2, 0) is 16.1 Å². The molecule has 4 heteroatoms. The Morgan fingerprint density at radius 1 is 1.12 bits per heavy atom. The van der Waals surface area contributed by atoms with E-state index < -0.39 is 0 Å². The van der Waals surface area contributed by atoms with Crippen LogP contribution in [0.3, 0.4) is 0 Å². The molecule has 0 aromatic heterocycles. The number of benzene rings is 1. The minimum absolute atomic E-state index is 0.110. The zero-order valence-electron chi connectivity index (χ0n) is 15.6. The standard InChI is InChI=1S/C20H32N2O2/c1-5-24-20(23)15-22-11-9-21(10-12-22)14-18-7-6-8-19(13-18)17(4)16(2)3/h6-8,13,16-17H,5,9-12,14-15H2,1-4H3. The van der Waals surface area contributed by atoms with Crippen molar-refractivity contribution in [1.82, 2.24) is 9.80 Å². The maximum atomic E-state index is 11.6. The Hall–Kier alpha value is -1.39. The minimum atomic E-state index is -0.110. The SMILES string of the molecule is CCOC(=O)CN1CCN(Cc2cccc(C(C)C(C)C)c2)CC1. The first-order valence-corrected chi connectivity index (χ1v) is 9.18. The Morgan fingerprint density at radius 2 is 1.79 bits per heavy atom. The van der Waals surface area contributed by atoms with Gasteiger partial charge in [0.05, 0.1) is 13.2 Å². The van der Waals surface area contributed by atoms with Crippen molar-refractivity contribution in [2.75, 3.05) is 39.3 Å². The first-order valence-electron chi connectivity index (χ1n) is 9.18. The molecule has 1 unspecified atom stereocenters. The average molecular weight is 332 g/mol. The van der Waals surface area contributed by atoms with E-state index in [9.17, 15) is 4.79 Å². The molecule has 1 aliphatic heterocycles. The Balaban J connectivity index is 1.83. The summed E-state index contributed by atoms with van der Waals surface area (Å²) in [7, 11) is 0. The molecule has 0 saturated carbocycles. The number of hydrogen-bond donors (Lipinski definition) is 0. The maximum Gasteiger partial charge on any atom is 0.320 e. The lowest BCUT2D eigenvalue weighted by Crippen LogP contribution is -2.47. The average Bonchev–Trinajstić information content (AvgIpc) is 2.56. The van der Waals surface area contributed by atoms with Crippen molar-refractivity contribution < 1.29 is 9.53 Å². The molecule has 0 spiro atoms. The summed E-state index contributed by atoms with van der Waals surface area (Å²) in [6.45, 7) is 14.5. The van der Waals surface area contributed by atoms with Crippen molar-refractivity contribution in [2.24, 2.45) is 5.92 Å². The van der Waals surface area contributed by atoms with Crippen LogP contribution in [-0.4, -0.2) is 55.1 Å². The summed E-state index contributed by atoms with van der Waals surface area (Å²) in [4.78, 5) is 16.2. The van der Waals surface area contributed by atoms with Crippen molar-refractivity contribution in [3.05, 3.63) is 35.4 Å². The number of nitrogens with zero attached hydrogens (tertiary/aromatic N) is 2. The van der Waals surface area contributed by atoms with Gasteiger partial charge < -0.3 is 4.74 Å². The van der Waals surface area contributed by atoms with E-state index in [1.807, 2.05) is 6.92 Å². The van der Waals surface area contributed by atoms with E-state index >= 15 is 0 Å². The molecule has 134 valence electrons. The maximum absolute atomic E-state index is 11.6. The van der Waals surface area contributed by atoms with Gasteiger partial charge in [-0.05, 0) is 29.9 Å². The van der Waals surface area contributed by atoms with Gasteiger partial charge in [-0.2, -0.15) is 0 Å². The predicted octanol–water partition coefficient (Wildman–Crippen LogP) is 3.13. The molecule has 2 rings (SSSR count). The molecular weight excluding hydrogens is 300 g/mol. The van der Waals surface area contributed by atoms with Crippen LogP contribution < -0.4 is 0 Å². The smallest absolute Gasteiger partial charge is 0.320 e. The van der Waals surface area contributed by atoms with Gasteiger partial charge in [-0.3, -0.25) is 14.6 Å². The third-order valence-corrected chi connectivity index (χ3v) is 5.01. The third kappa shape index (κ3) is 5.60. The largest absolute Gasteiger partial charge is 0.465 e. The van der Waals surface area contributed by atoms with Gasteiger partial charge in [-0.1, -0.05) is 45.0 Å². The van der Waals surface area contributed by atoms with Crippen LogP contribution >= 0.6 is 0 Å². The Morgan fingerprint density at radius 3 is 2.42 bits per heavy atom. The zero-order chi connectivity index (χ0) is 17.5. The molecular formula is C20H32N2O2. The highest BCUT2D eigenvalue weighted by molar-refractivity contribution is 5.71. The van der Waals surface area contributed by atoms with Crippen molar-refractivity contribution in [1.29, 1.82) is 0 Å². The summed E-state index contributed by atoms with van der Waals surface area (Å²) in [6.07, 6.45) is 0. The molecule has 1 aromatic rings. The Labute approximate surface area is 146 Å². The summed E-state index contributed by atoms with van der Waals surface area (Å²) in [5, 5.41) is 0. The van der Waals surface area contributed by atoms with E-state index in [1.165, 1.54) is 11.1 Å². The lowest BCUT2D eigenvalue weighted by Gasteiger charge is -2.34. The van der Waals surface area contributed by atoms with E-state index in [1.54, 1.807) is 0 Å². The van der Waals surface area contributed by atoms with E-state index in [0.29, 0.717) is 25.0 Å². The quantitative estimate of drug-likeness (QED) is 0.718. The molecule has 0 bridgehead atoms. The fourth-order valence-electron chi connectivity index (χ4n) is 3.11. The number of hydrogen-bond acceptors (Lipinski definition) is 4. The summed E-state index contributed by atoms with van der Waals surface area (Å²) >= 11 is 0. The fraction of sp³-hybridized carbons (Fsp3) is 0.650. The first-order chi connectivity index (χ1) is 11.5. The summed E-state index contributed by atoms with van der Waals surface area (Å²) in [5.41, 5.74) is 2.82. The van der Waals surface area contributed by atoms with Crippen LogP contribution in [0.25, 0.3) is 0 Å². The summed E-state index contributed by atoms with van der Waals surface area (Å²) < 4.78 is 5.03. The van der Waals surface area contributed by atoms with Gasteiger partial charge in [-0.15, -0.1) is 0 Å². The summed E-state index contributed by atoms with van der Waals surface area (Å²) in [5.74, 6) is 1.14. The van der Waals surface area contributed by atoms with Gasteiger partial charge in [-0.25, -0.2) is 0 Å². The number of rotatable bonds is 7. The number of ether oxygens (including phenoxy) is 1. The monoisotopic (exact) mass is 332 g/mol. The van der Waals surface area contributed by atoms with Crippen LogP contribution in [0.5, 0.6) is 0 Å². The number of carbonyl (C=O) groups is 1. The van der Waals surface area contributed by atoms with Crippen molar-refractivity contribution in [2.45, 2.75) is 40.2 Å². The molecule has 0 aliphatic carbocycles. The second-order valence-corrected chi connectivity index (χ2v) is 7.14. The van der Waals surface area contributed by atoms with E-state index in [-0.39, 0.29) is 5.97 Å². The second kappa shape index (κ2) is 9.19. The molecule has 1 aromatic carbocycles. The van der Waals surface area contributed by atoms with E-state index in [0.717, 1.165) is 32.7 Å². The molecule has 1 fully saturated rings.